The predicted octanol–water partition coefficient (Wildman–Crippen LogP) is 3.31. The number of nitrogens with zero attached hydrogens (tertiary/aromatic N) is 3. The van der Waals surface area contributed by atoms with E-state index in [1.165, 1.54) is 35.2 Å². The van der Waals surface area contributed by atoms with E-state index in [1.54, 1.807) is 13.8 Å². The molecule has 180 valence electrons. The lowest BCUT2D eigenvalue weighted by Gasteiger charge is -2.36. The first-order valence-corrected chi connectivity index (χ1v) is 13.1. The lowest BCUT2D eigenvalue weighted by atomic mass is 10.2. The summed E-state index contributed by atoms with van der Waals surface area (Å²) in [7, 11) is -2.17. The molecule has 1 N–H and O–H groups in total. The van der Waals surface area contributed by atoms with E-state index in [0.29, 0.717) is 6.54 Å². The third-order valence-electron chi connectivity index (χ3n) is 6.02. The average molecular weight is 493 g/mol. The molecule has 0 saturated carbocycles. The zero-order chi connectivity index (χ0) is 24.0. The molecule has 0 radical (unpaired) electrons. The normalized spacial score (nSPS) is 15.3. The molecule has 2 aromatic carbocycles. The molecular formula is C24H33ClN4O3S. The number of carbonyl (C=O) groups is 1. The van der Waals surface area contributed by atoms with E-state index < -0.39 is 10.0 Å². The van der Waals surface area contributed by atoms with Crippen molar-refractivity contribution >= 4 is 33.2 Å². The Balaban J connectivity index is 1.48. The van der Waals surface area contributed by atoms with Crippen LogP contribution in [-0.2, 0) is 10.0 Å². The van der Waals surface area contributed by atoms with E-state index in [0.717, 1.165) is 39.1 Å². The minimum Gasteiger partial charge on any atom is -0.369 e. The minimum atomic E-state index is -3.69. The largest absolute Gasteiger partial charge is 0.369 e. The topological polar surface area (TPSA) is 73.0 Å². The molecule has 3 rings (SSSR count). The van der Waals surface area contributed by atoms with Crippen molar-refractivity contribution in [3.05, 3.63) is 59.1 Å². The molecule has 7 nitrogen and oxygen atoms in total. The predicted molar refractivity (Wildman–Crippen MR) is 134 cm³/mol. The van der Waals surface area contributed by atoms with Gasteiger partial charge in [-0.2, -0.15) is 4.31 Å². The summed E-state index contributed by atoms with van der Waals surface area (Å²) < 4.78 is 26.8. The minimum absolute atomic E-state index is 0.0598. The standard InChI is InChI=1S/C24H33ClN4O3S/c1-19(2)27(3)33(31,32)21-10-11-23(25)22(18-21)24(30)26-12-7-13-28-14-16-29(17-15-28)20-8-5-4-6-9-20/h4-6,8-11,18-19H,7,12-17H2,1-3H3,(H,26,30). The Morgan fingerprint density at radius 1 is 1.09 bits per heavy atom. The zero-order valence-corrected chi connectivity index (χ0v) is 21.1. The van der Waals surface area contributed by atoms with Crippen LogP contribution in [0.25, 0.3) is 0 Å². The van der Waals surface area contributed by atoms with Gasteiger partial charge in [-0.05, 0) is 57.1 Å². The Bertz CT molecular complexity index is 1040. The number of rotatable bonds is 9. The fourth-order valence-electron chi connectivity index (χ4n) is 3.75. The number of nitrogens with one attached hydrogen (secondary N) is 1. The zero-order valence-electron chi connectivity index (χ0n) is 19.5. The van der Waals surface area contributed by atoms with Crippen LogP contribution in [0.5, 0.6) is 0 Å². The molecule has 0 bridgehead atoms. The molecule has 1 saturated heterocycles. The highest BCUT2D eigenvalue weighted by Gasteiger charge is 2.25. The SMILES string of the molecule is CC(C)N(C)S(=O)(=O)c1ccc(Cl)c(C(=O)NCCCN2CCN(c3ccccc3)CC2)c1. The Labute approximate surface area is 202 Å². The average Bonchev–Trinajstić information content (AvgIpc) is 2.82. The van der Waals surface area contributed by atoms with Crippen molar-refractivity contribution in [2.45, 2.75) is 31.2 Å². The van der Waals surface area contributed by atoms with Crippen LogP contribution in [0, 0.1) is 0 Å². The Morgan fingerprint density at radius 3 is 2.39 bits per heavy atom. The first-order valence-electron chi connectivity index (χ1n) is 11.3. The van der Waals surface area contributed by atoms with Crippen molar-refractivity contribution in [2.24, 2.45) is 0 Å². The number of piperazine rings is 1. The molecule has 1 aliphatic rings. The number of halogens is 1. The monoisotopic (exact) mass is 492 g/mol. The molecule has 0 unspecified atom stereocenters. The van der Waals surface area contributed by atoms with Gasteiger partial charge in [0.1, 0.15) is 0 Å². The molecule has 33 heavy (non-hydrogen) atoms. The molecule has 1 aliphatic heterocycles. The van der Waals surface area contributed by atoms with Gasteiger partial charge >= 0.3 is 0 Å². The van der Waals surface area contributed by atoms with Crippen molar-refractivity contribution < 1.29 is 13.2 Å². The second kappa shape index (κ2) is 11.3. The molecule has 1 amide bonds. The fourth-order valence-corrected chi connectivity index (χ4v) is 5.35. The summed E-state index contributed by atoms with van der Waals surface area (Å²) in [5, 5.41) is 3.11. The molecular weight excluding hydrogens is 460 g/mol. The highest BCUT2D eigenvalue weighted by Crippen LogP contribution is 2.23. The number of hydrogen-bond donors (Lipinski definition) is 1. The highest BCUT2D eigenvalue weighted by molar-refractivity contribution is 7.89. The van der Waals surface area contributed by atoms with Gasteiger partial charge in [0.15, 0.2) is 0 Å². The van der Waals surface area contributed by atoms with Crippen molar-refractivity contribution in [3.8, 4) is 0 Å². The summed E-state index contributed by atoms with van der Waals surface area (Å²) in [6.45, 7) is 8.92. The van der Waals surface area contributed by atoms with Crippen molar-refractivity contribution in [3.63, 3.8) is 0 Å². The van der Waals surface area contributed by atoms with Crippen LogP contribution < -0.4 is 10.2 Å². The third-order valence-corrected chi connectivity index (χ3v) is 8.38. The molecule has 0 aromatic heterocycles. The number of amides is 1. The summed E-state index contributed by atoms with van der Waals surface area (Å²) in [6, 6.07) is 14.5. The van der Waals surface area contributed by atoms with E-state index in [9.17, 15) is 13.2 Å². The molecule has 1 fully saturated rings. The van der Waals surface area contributed by atoms with Crippen LogP contribution in [0.1, 0.15) is 30.6 Å². The van der Waals surface area contributed by atoms with Gasteiger partial charge in [0, 0.05) is 51.5 Å². The van der Waals surface area contributed by atoms with Gasteiger partial charge in [-0.3, -0.25) is 9.69 Å². The van der Waals surface area contributed by atoms with Crippen LogP contribution in [0.15, 0.2) is 53.4 Å². The van der Waals surface area contributed by atoms with Crippen LogP contribution >= 0.6 is 11.6 Å². The maximum absolute atomic E-state index is 12.8. The Kier molecular flexibility index (Phi) is 8.75. The number of hydrogen-bond acceptors (Lipinski definition) is 5. The van der Waals surface area contributed by atoms with E-state index in [2.05, 4.69) is 39.4 Å². The first-order chi connectivity index (χ1) is 15.7. The van der Waals surface area contributed by atoms with Crippen LogP contribution in [-0.4, -0.2) is 75.9 Å². The molecule has 2 aromatic rings. The van der Waals surface area contributed by atoms with E-state index in [1.807, 2.05) is 6.07 Å². The summed E-state index contributed by atoms with van der Waals surface area (Å²) >= 11 is 6.20. The first kappa shape index (κ1) is 25.5. The fraction of sp³-hybridized carbons (Fsp3) is 0.458. The maximum atomic E-state index is 12.8. The second-order valence-electron chi connectivity index (χ2n) is 8.53. The number of sulfonamides is 1. The number of carbonyl (C=O) groups excluding carboxylic acids is 1. The van der Waals surface area contributed by atoms with Gasteiger partial charge in [-0.25, -0.2) is 8.42 Å². The maximum Gasteiger partial charge on any atom is 0.252 e. The second-order valence-corrected chi connectivity index (χ2v) is 10.9. The van der Waals surface area contributed by atoms with Crippen molar-refractivity contribution in [1.82, 2.24) is 14.5 Å². The molecule has 9 heteroatoms. The molecule has 0 aliphatic carbocycles. The lowest BCUT2D eigenvalue weighted by molar-refractivity contribution is 0.0951. The van der Waals surface area contributed by atoms with Gasteiger partial charge in [-0.15, -0.1) is 0 Å². The van der Waals surface area contributed by atoms with Gasteiger partial charge < -0.3 is 10.2 Å². The summed E-state index contributed by atoms with van der Waals surface area (Å²) in [5.74, 6) is -0.363. The quantitative estimate of drug-likeness (QED) is 0.544. The molecule has 1 heterocycles. The Morgan fingerprint density at radius 2 is 1.76 bits per heavy atom. The Hall–Kier alpha value is -2.13. The van der Waals surface area contributed by atoms with Gasteiger partial charge in [0.2, 0.25) is 10.0 Å². The lowest BCUT2D eigenvalue weighted by Crippen LogP contribution is -2.47. The summed E-state index contributed by atoms with van der Waals surface area (Å²) in [4.78, 5) is 17.5. The van der Waals surface area contributed by atoms with E-state index in [-0.39, 0.29) is 27.4 Å². The van der Waals surface area contributed by atoms with E-state index >= 15 is 0 Å². The number of benzene rings is 2. The number of para-hydroxylation sites is 1. The molecule has 0 atom stereocenters. The van der Waals surface area contributed by atoms with Crippen LogP contribution in [0.4, 0.5) is 5.69 Å². The van der Waals surface area contributed by atoms with Gasteiger partial charge in [0.25, 0.3) is 5.91 Å². The summed E-state index contributed by atoms with van der Waals surface area (Å²) in [6.07, 6.45) is 0.808. The van der Waals surface area contributed by atoms with Gasteiger partial charge in [0.05, 0.1) is 15.5 Å². The number of anilines is 1. The van der Waals surface area contributed by atoms with Crippen LogP contribution in [0.2, 0.25) is 5.02 Å². The molecule has 0 spiro atoms. The van der Waals surface area contributed by atoms with Crippen molar-refractivity contribution in [2.75, 3.05) is 51.2 Å². The van der Waals surface area contributed by atoms with Crippen LogP contribution in [0.3, 0.4) is 0 Å². The third kappa shape index (κ3) is 6.47. The van der Waals surface area contributed by atoms with Gasteiger partial charge in [-0.1, -0.05) is 29.8 Å². The van der Waals surface area contributed by atoms with E-state index in [4.69, 9.17) is 11.6 Å². The smallest absolute Gasteiger partial charge is 0.252 e. The van der Waals surface area contributed by atoms with Crippen molar-refractivity contribution in [1.29, 1.82) is 0 Å². The highest BCUT2D eigenvalue weighted by atomic mass is 35.5. The summed E-state index contributed by atoms with van der Waals surface area (Å²) in [5.41, 5.74) is 1.43.